The van der Waals surface area contributed by atoms with Crippen molar-refractivity contribution in [3.63, 3.8) is 0 Å². The van der Waals surface area contributed by atoms with Crippen molar-refractivity contribution in [2.24, 2.45) is 0 Å². The summed E-state index contributed by atoms with van der Waals surface area (Å²) in [7, 11) is 0. The monoisotopic (exact) mass is 418 g/mol. The summed E-state index contributed by atoms with van der Waals surface area (Å²) in [6.45, 7) is -0.0140. The fraction of sp³-hybridized carbons (Fsp3) is 0.417. The van der Waals surface area contributed by atoms with Crippen molar-refractivity contribution in [3.8, 4) is 0 Å². The Morgan fingerprint density at radius 2 is 2.00 bits per heavy atom. The van der Waals surface area contributed by atoms with Gasteiger partial charge in [0.2, 0.25) is 0 Å². The van der Waals surface area contributed by atoms with Crippen LogP contribution in [0.4, 0.5) is 0 Å². The van der Waals surface area contributed by atoms with Gasteiger partial charge in [0.1, 0.15) is 0 Å². The first-order valence-corrected chi connectivity index (χ1v) is 14.1. The molecule has 1 rings (SSSR count). The maximum atomic E-state index is 11.9. The molecule has 0 fully saturated rings. The molecule has 3 nitrogen and oxygen atoms in total. The molecule has 16 heavy (non-hydrogen) atoms. The van der Waals surface area contributed by atoms with Crippen molar-refractivity contribution >= 4 is 27.7 Å². The van der Waals surface area contributed by atoms with Gasteiger partial charge in [-0.25, -0.2) is 0 Å². The molecule has 0 heterocycles. The number of benzene rings is 1. The van der Waals surface area contributed by atoms with Crippen LogP contribution in [0.3, 0.4) is 0 Å². The van der Waals surface area contributed by atoms with E-state index in [1.54, 1.807) is 0 Å². The first kappa shape index (κ1) is 13.6. The Bertz CT molecular complexity index is 324. The summed E-state index contributed by atoms with van der Waals surface area (Å²) in [5, 5.41) is 8.65. The normalized spacial score (nSPS) is 12.5. The van der Waals surface area contributed by atoms with Gasteiger partial charge in [-0.1, -0.05) is 0 Å². The van der Waals surface area contributed by atoms with Gasteiger partial charge in [-0.05, 0) is 0 Å². The van der Waals surface area contributed by atoms with Crippen molar-refractivity contribution in [2.45, 2.75) is 12.9 Å². The third-order valence-corrected chi connectivity index (χ3v) is 8.18. The Balaban J connectivity index is 2.79. The Hall–Kier alpha value is -0.467. The Labute approximate surface area is 104 Å². The van der Waals surface area contributed by atoms with E-state index in [-0.39, 0.29) is 22.8 Å². The third kappa shape index (κ3) is 3.84. The average Bonchev–Trinajstić information content (AvgIpc) is 2.27. The van der Waals surface area contributed by atoms with Crippen molar-refractivity contribution < 1.29 is 14.6 Å². The summed E-state index contributed by atoms with van der Waals surface area (Å²) in [5.74, 6) is -0.178. The Morgan fingerprint density at radius 3 is 2.50 bits per heavy atom. The molecule has 1 aromatic carbocycles. The molecule has 88 valence electrons. The fourth-order valence-corrected chi connectivity index (χ4v) is 6.42. The van der Waals surface area contributed by atoms with Gasteiger partial charge in [0.05, 0.1) is 0 Å². The molecular formula is C12H17BiO3. The zero-order valence-corrected chi connectivity index (χ0v) is 13.1. The van der Waals surface area contributed by atoms with Gasteiger partial charge >= 0.3 is 104 Å². The minimum absolute atomic E-state index is 0.0530. The van der Waals surface area contributed by atoms with Gasteiger partial charge in [-0.2, -0.15) is 0 Å². The molecule has 0 amide bonds. The van der Waals surface area contributed by atoms with E-state index in [0.29, 0.717) is 0 Å². The quantitative estimate of drug-likeness (QED) is 0.584. The van der Waals surface area contributed by atoms with Gasteiger partial charge in [0.25, 0.3) is 0 Å². The first-order chi connectivity index (χ1) is 7.66. The zero-order valence-electron chi connectivity index (χ0n) is 9.59. The summed E-state index contributed by atoms with van der Waals surface area (Å²) in [6, 6.07) is 9.76. The van der Waals surface area contributed by atoms with Gasteiger partial charge in [0, 0.05) is 0 Å². The molecule has 0 saturated heterocycles. The van der Waals surface area contributed by atoms with Gasteiger partial charge < -0.3 is 0 Å². The second-order valence-electron chi connectivity index (χ2n) is 3.67. The summed E-state index contributed by atoms with van der Waals surface area (Å²) in [4.78, 5) is 11.9. The molecule has 0 bridgehead atoms. The number of aliphatic hydroxyl groups excluding tert-OH is 1. The van der Waals surface area contributed by atoms with E-state index < -0.39 is 21.8 Å². The molecule has 1 aromatic rings. The molecule has 4 heteroatoms. The fourth-order valence-electron chi connectivity index (χ4n) is 1.51. The van der Waals surface area contributed by atoms with Crippen LogP contribution in [-0.2, 0) is 9.53 Å². The maximum absolute atomic E-state index is 11.9. The van der Waals surface area contributed by atoms with E-state index in [0.717, 1.165) is 5.56 Å². The molecular weight excluding hydrogens is 401 g/mol. The number of hydrogen-bond donors (Lipinski definition) is 1. The van der Waals surface area contributed by atoms with Crippen LogP contribution in [0, 0.1) is 0 Å². The molecule has 0 aliphatic rings. The van der Waals surface area contributed by atoms with Gasteiger partial charge in [-0.3, -0.25) is 0 Å². The summed E-state index contributed by atoms with van der Waals surface area (Å²) in [6.07, 6.45) is 0. The van der Waals surface area contributed by atoms with E-state index in [2.05, 4.69) is 9.26 Å². The number of ether oxygens (including phenoxy) is 1. The number of rotatable bonds is 5. The molecule has 1 N–H and O–H groups in total. The summed E-state index contributed by atoms with van der Waals surface area (Å²) < 4.78 is 9.35. The average molecular weight is 418 g/mol. The molecule has 0 aliphatic carbocycles. The summed E-state index contributed by atoms with van der Waals surface area (Å²) in [5.41, 5.74) is 1.05. The molecule has 1 atom stereocenters. The minimum atomic E-state index is -1.80. The Morgan fingerprint density at radius 1 is 1.38 bits per heavy atom. The number of hydrogen-bond acceptors (Lipinski definition) is 3. The topological polar surface area (TPSA) is 46.5 Å². The molecule has 0 aromatic heterocycles. The van der Waals surface area contributed by atoms with E-state index in [1.165, 1.54) is 0 Å². The van der Waals surface area contributed by atoms with Crippen molar-refractivity contribution in [1.29, 1.82) is 0 Å². The van der Waals surface area contributed by atoms with Crippen LogP contribution < -0.4 is 0 Å². The van der Waals surface area contributed by atoms with E-state index >= 15 is 0 Å². The predicted octanol–water partition coefficient (Wildman–Crippen LogP) is 1.60. The van der Waals surface area contributed by atoms with Crippen LogP contribution in [0.2, 0.25) is 9.26 Å². The first-order valence-electron chi connectivity index (χ1n) is 5.15. The van der Waals surface area contributed by atoms with Crippen LogP contribution in [0.1, 0.15) is 9.19 Å². The van der Waals surface area contributed by atoms with Crippen LogP contribution in [0.15, 0.2) is 30.3 Å². The number of carbonyl (C=O) groups is 1. The molecule has 0 saturated carbocycles. The second kappa shape index (κ2) is 6.98. The van der Waals surface area contributed by atoms with Crippen LogP contribution in [-0.4, -0.2) is 46.0 Å². The zero-order chi connectivity index (χ0) is 12.0. The number of aliphatic hydroxyl groups is 1. The molecule has 1 unspecified atom stereocenters. The molecule has 0 aliphatic heterocycles. The SMILES string of the molecule is [CH3][Bi]([CH3])[CH](C(=O)OCCO)c1ccccc1. The number of carbonyl (C=O) groups excluding carboxylic acids is 1. The van der Waals surface area contributed by atoms with E-state index in [9.17, 15) is 4.79 Å². The van der Waals surface area contributed by atoms with Crippen LogP contribution >= 0.6 is 0 Å². The molecule has 0 radical (unpaired) electrons. The molecule has 0 spiro atoms. The summed E-state index contributed by atoms with van der Waals surface area (Å²) >= 11 is -1.80. The second-order valence-corrected chi connectivity index (χ2v) is 13.2. The van der Waals surface area contributed by atoms with Crippen molar-refractivity contribution in [1.82, 2.24) is 0 Å². The van der Waals surface area contributed by atoms with E-state index in [4.69, 9.17) is 9.84 Å². The van der Waals surface area contributed by atoms with Crippen LogP contribution in [0.5, 0.6) is 0 Å². The van der Waals surface area contributed by atoms with Gasteiger partial charge in [-0.15, -0.1) is 0 Å². The number of esters is 1. The van der Waals surface area contributed by atoms with Gasteiger partial charge in [0.15, 0.2) is 0 Å². The third-order valence-electron chi connectivity index (χ3n) is 2.19. The van der Waals surface area contributed by atoms with Crippen molar-refractivity contribution in [3.05, 3.63) is 35.9 Å². The van der Waals surface area contributed by atoms with E-state index in [1.807, 2.05) is 30.3 Å². The standard InChI is InChI=1S/C10H11O3.2CH3.Bi/c11-6-7-13-10(12)8-9-4-2-1-3-5-9;;;/h1-5,8,11H,6-7H2;2*1H3;. The van der Waals surface area contributed by atoms with Crippen LogP contribution in [0.25, 0.3) is 0 Å². The Kier molecular flexibility index (Phi) is 5.93. The van der Waals surface area contributed by atoms with Crippen molar-refractivity contribution in [2.75, 3.05) is 13.2 Å². The predicted molar refractivity (Wildman–Crippen MR) is 64.7 cm³/mol.